The summed E-state index contributed by atoms with van der Waals surface area (Å²) in [5.41, 5.74) is 3.08. The molecule has 0 aliphatic rings. The second-order valence-corrected chi connectivity index (χ2v) is 5.03. The van der Waals surface area contributed by atoms with Crippen LogP contribution in [0.15, 0.2) is 23.8 Å². The first-order valence-corrected chi connectivity index (χ1v) is 6.77. The van der Waals surface area contributed by atoms with Crippen LogP contribution in [0.25, 0.3) is 0 Å². The van der Waals surface area contributed by atoms with Gasteiger partial charge in [0.1, 0.15) is 5.15 Å². The molecular formula is C12H12ClN3OS. The lowest BCUT2D eigenvalue weighted by Gasteiger charge is -2.05. The quantitative estimate of drug-likeness (QED) is 0.877. The zero-order valence-electron chi connectivity index (χ0n) is 9.81. The van der Waals surface area contributed by atoms with Crippen LogP contribution in [0.5, 0.6) is 0 Å². The second kappa shape index (κ2) is 5.93. The van der Waals surface area contributed by atoms with Gasteiger partial charge in [-0.05, 0) is 18.6 Å². The van der Waals surface area contributed by atoms with E-state index < -0.39 is 0 Å². The number of hydrogen-bond donors (Lipinski definition) is 1. The highest BCUT2D eigenvalue weighted by Gasteiger charge is 2.08. The summed E-state index contributed by atoms with van der Waals surface area (Å²) in [5.74, 6) is -0.151. The largest absolute Gasteiger partial charge is 0.347 e. The van der Waals surface area contributed by atoms with Gasteiger partial charge in [0, 0.05) is 22.3 Å². The van der Waals surface area contributed by atoms with Gasteiger partial charge in [0.05, 0.1) is 12.1 Å². The Labute approximate surface area is 114 Å². The van der Waals surface area contributed by atoms with Crippen LogP contribution in [0.2, 0.25) is 5.15 Å². The maximum Gasteiger partial charge on any atom is 0.251 e. The minimum atomic E-state index is -0.151. The highest BCUT2D eigenvalue weighted by atomic mass is 35.5. The van der Waals surface area contributed by atoms with Crippen molar-refractivity contribution in [2.75, 3.05) is 0 Å². The van der Waals surface area contributed by atoms with Gasteiger partial charge in [0.2, 0.25) is 0 Å². The van der Waals surface area contributed by atoms with E-state index in [9.17, 15) is 4.79 Å². The minimum Gasteiger partial charge on any atom is -0.347 e. The number of pyridine rings is 1. The van der Waals surface area contributed by atoms with E-state index in [0.717, 1.165) is 17.0 Å². The first-order chi connectivity index (χ1) is 8.69. The molecule has 0 unspecified atom stereocenters. The Bertz CT molecular complexity index is 542. The molecule has 94 valence electrons. The highest BCUT2D eigenvalue weighted by Crippen LogP contribution is 2.12. The van der Waals surface area contributed by atoms with E-state index in [1.807, 2.05) is 6.92 Å². The fourth-order valence-electron chi connectivity index (χ4n) is 1.46. The number of thiazole rings is 1. The van der Waals surface area contributed by atoms with Crippen molar-refractivity contribution in [2.24, 2.45) is 0 Å². The average Bonchev–Trinajstić information content (AvgIpc) is 2.88. The van der Waals surface area contributed by atoms with Crippen LogP contribution in [0, 0.1) is 0 Å². The number of aromatic nitrogens is 2. The van der Waals surface area contributed by atoms with Gasteiger partial charge in [-0.3, -0.25) is 9.78 Å². The summed E-state index contributed by atoms with van der Waals surface area (Å²) in [5, 5.41) is 3.17. The van der Waals surface area contributed by atoms with Crippen LogP contribution in [0.4, 0.5) is 0 Å². The van der Waals surface area contributed by atoms with Crippen molar-refractivity contribution in [2.45, 2.75) is 19.9 Å². The highest BCUT2D eigenvalue weighted by molar-refractivity contribution is 7.09. The number of rotatable bonds is 4. The molecule has 0 atom stereocenters. The van der Waals surface area contributed by atoms with Crippen LogP contribution in [0.3, 0.4) is 0 Å². The Morgan fingerprint density at radius 1 is 1.50 bits per heavy atom. The van der Waals surface area contributed by atoms with Crippen LogP contribution in [-0.2, 0) is 13.0 Å². The van der Waals surface area contributed by atoms with Crippen molar-refractivity contribution in [1.82, 2.24) is 15.3 Å². The number of halogens is 1. The summed E-state index contributed by atoms with van der Waals surface area (Å²) in [6.45, 7) is 2.45. The molecule has 0 aliphatic carbocycles. The minimum absolute atomic E-state index is 0.151. The lowest BCUT2D eigenvalue weighted by molar-refractivity contribution is 0.0951. The molecular weight excluding hydrogens is 270 g/mol. The molecule has 0 spiro atoms. The smallest absolute Gasteiger partial charge is 0.251 e. The number of aryl methyl sites for hydroxylation is 1. The van der Waals surface area contributed by atoms with E-state index >= 15 is 0 Å². The summed E-state index contributed by atoms with van der Waals surface area (Å²) in [6.07, 6.45) is 2.48. The molecule has 0 saturated carbocycles. The molecule has 1 N–H and O–H groups in total. The average molecular weight is 282 g/mol. The summed E-state index contributed by atoms with van der Waals surface area (Å²) >= 11 is 7.38. The molecule has 4 nitrogen and oxygen atoms in total. The number of carbonyl (C=O) groups is 1. The molecule has 0 aliphatic heterocycles. The molecule has 0 radical (unpaired) electrons. The van der Waals surface area contributed by atoms with Crippen LogP contribution < -0.4 is 5.32 Å². The molecule has 1 amide bonds. The van der Waals surface area contributed by atoms with Crippen molar-refractivity contribution in [1.29, 1.82) is 0 Å². The lowest BCUT2D eigenvalue weighted by atomic mass is 10.2. The third kappa shape index (κ3) is 3.27. The number of hydrogen-bond acceptors (Lipinski definition) is 4. The first kappa shape index (κ1) is 13.0. The molecule has 0 bridgehead atoms. The van der Waals surface area contributed by atoms with Gasteiger partial charge < -0.3 is 5.32 Å². The number of nitrogens with one attached hydrogen (secondary N) is 1. The molecule has 18 heavy (non-hydrogen) atoms. The predicted molar refractivity (Wildman–Crippen MR) is 71.9 cm³/mol. The van der Waals surface area contributed by atoms with Gasteiger partial charge in [-0.1, -0.05) is 18.5 Å². The number of amides is 1. The van der Waals surface area contributed by atoms with E-state index in [1.165, 1.54) is 11.3 Å². The van der Waals surface area contributed by atoms with Crippen molar-refractivity contribution < 1.29 is 4.79 Å². The predicted octanol–water partition coefficient (Wildman–Crippen LogP) is 2.68. The molecule has 6 heteroatoms. The molecule has 0 aromatic carbocycles. The molecule has 0 fully saturated rings. The number of carbonyl (C=O) groups excluding carboxylic acids is 1. The van der Waals surface area contributed by atoms with Gasteiger partial charge in [0.15, 0.2) is 0 Å². The lowest BCUT2D eigenvalue weighted by Crippen LogP contribution is -2.22. The van der Waals surface area contributed by atoms with Gasteiger partial charge in [0.25, 0.3) is 5.91 Å². The molecule has 2 aromatic heterocycles. The maximum absolute atomic E-state index is 11.9. The monoisotopic (exact) mass is 281 g/mol. The zero-order valence-corrected chi connectivity index (χ0v) is 11.4. The van der Waals surface area contributed by atoms with E-state index in [1.54, 1.807) is 23.8 Å². The molecule has 0 saturated heterocycles. The van der Waals surface area contributed by atoms with E-state index in [4.69, 9.17) is 11.6 Å². The zero-order chi connectivity index (χ0) is 13.0. The van der Waals surface area contributed by atoms with Gasteiger partial charge in [-0.25, -0.2) is 4.98 Å². The van der Waals surface area contributed by atoms with E-state index in [2.05, 4.69) is 15.3 Å². The second-order valence-electron chi connectivity index (χ2n) is 3.67. The standard InChI is InChI=1S/C12H12ClN3OS/c1-2-9-3-8(4-11(13)16-9)12(17)15-6-10-5-14-7-18-10/h3-5,7H,2,6H2,1H3,(H,15,17). The normalized spacial score (nSPS) is 10.3. The fraction of sp³-hybridized carbons (Fsp3) is 0.250. The SMILES string of the molecule is CCc1cc(C(=O)NCc2cncs2)cc(Cl)n1. The third-order valence-electron chi connectivity index (χ3n) is 2.38. The Hall–Kier alpha value is -1.46. The molecule has 2 rings (SSSR count). The topological polar surface area (TPSA) is 54.9 Å². The first-order valence-electron chi connectivity index (χ1n) is 5.51. The summed E-state index contributed by atoms with van der Waals surface area (Å²) in [4.78, 5) is 21.0. The van der Waals surface area contributed by atoms with Crippen LogP contribution in [-0.4, -0.2) is 15.9 Å². The van der Waals surface area contributed by atoms with Gasteiger partial charge in [-0.15, -0.1) is 11.3 Å². The summed E-state index contributed by atoms with van der Waals surface area (Å²) < 4.78 is 0. The van der Waals surface area contributed by atoms with E-state index in [-0.39, 0.29) is 5.91 Å². The van der Waals surface area contributed by atoms with Crippen LogP contribution in [0.1, 0.15) is 27.9 Å². The van der Waals surface area contributed by atoms with Crippen molar-refractivity contribution in [3.05, 3.63) is 45.1 Å². The van der Waals surface area contributed by atoms with Crippen molar-refractivity contribution in [3.63, 3.8) is 0 Å². The van der Waals surface area contributed by atoms with Gasteiger partial charge >= 0.3 is 0 Å². The number of nitrogens with zero attached hydrogens (tertiary/aromatic N) is 2. The van der Waals surface area contributed by atoms with Crippen LogP contribution >= 0.6 is 22.9 Å². The Kier molecular flexibility index (Phi) is 4.28. The Morgan fingerprint density at radius 2 is 2.33 bits per heavy atom. The Morgan fingerprint density at radius 3 is 3.00 bits per heavy atom. The fourth-order valence-corrected chi connectivity index (χ4v) is 2.22. The summed E-state index contributed by atoms with van der Waals surface area (Å²) in [6, 6.07) is 3.33. The third-order valence-corrected chi connectivity index (χ3v) is 3.35. The van der Waals surface area contributed by atoms with Gasteiger partial charge in [-0.2, -0.15) is 0 Å². The van der Waals surface area contributed by atoms with Crippen molar-refractivity contribution >= 4 is 28.8 Å². The van der Waals surface area contributed by atoms with Crippen molar-refractivity contribution in [3.8, 4) is 0 Å². The van der Waals surface area contributed by atoms with E-state index in [0.29, 0.717) is 17.3 Å². The maximum atomic E-state index is 11.9. The Balaban J connectivity index is 2.06. The molecule has 2 aromatic rings. The molecule has 2 heterocycles. The summed E-state index contributed by atoms with van der Waals surface area (Å²) in [7, 11) is 0.